The minimum absolute atomic E-state index is 0.254. The number of hydrogen-bond acceptors (Lipinski definition) is 4. The predicted octanol–water partition coefficient (Wildman–Crippen LogP) is 5.73. The third kappa shape index (κ3) is 3.13. The molecule has 2 aromatic rings. The zero-order valence-corrected chi connectivity index (χ0v) is 15.6. The van der Waals surface area contributed by atoms with Crippen molar-refractivity contribution in [1.29, 1.82) is 0 Å². The van der Waals surface area contributed by atoms with Crippen molar-refractivity contribution >= 4 is 55.4 Å². The highest BCUT2D eigenvalue weighted by Gasteiger charge is 2.12. The van der Waals surface area contributed by atoms with E-state index in [4.69, 9.17) is 0 Å². The Kier molecular flexibility index (Phi) is 5.34. The second-order valence-corrected chi connectivity index (χ2v) is 7.42. The van der Waals surface area contributed by atoms with Crippen molar-refractivity contribution in [2.75, 3.05) is 12.5 Å². The van der Waals surface area contributed by atoms with Gasteiger partial charge in [-0.25, -0.2) is 0 Å². The molecule has 2 aromatic carbocycles. The number of rotatable bonds is 3. The van der Waals surface area contributed by atoms with Crippen molar-refractivity contribution < 1.29 is 10.2 Å². The van der Waals surface area contributed by atoms with Gasteiger partial charge >= 0.3 is 0 Å². The highest BCUT2D eigenvalue weighted by Crippen LogP contribution is 2.42. The van der Waals surface area contributed by atoms with Crippen LogP contribution in [0.3, 0.4) is 0 Å². The molecule has 0 atom stereocenters. The van der Waals surface area contributed by atoms with Crippen LogP contribution in [0, 0.1) is 0 Å². The number of benzene rings is 2. The van der Waals surface area contributed by atoms with Crippen LogP contribution < -0.4 is 0 Å². The van der Waals surface area contributed by atoms with E-state index in [-0.39, 0.29) is 11.5 Å². The Labute approximate surface area is 143 Å². The molecule has 6 heteroatoms. The fourth-order valence-electron chi connectivity index (χ4n) is 1.79. The summed E-state index contributed by atoms with van der Waals surface area (Å²) in [6.07, 6.45) is 3.84. The maximum Gasteiger partial charge on any atom is 0.143 e. The van der Waals surface area contributed by atoms with Crippen molar-refractivity contribution in [2.24, 2.45) is 0 Å². The van der Waals surface area contributed by atoms with Crippen molar-refractivity contribution in [2.45, 2.75) is 9.79 Å². The SMILES string of the molecule is CSc1cc(-c2cc(Br)c(O)c(SC)c2)cc(Br)c1O. The molecule has 2 nitrogen and oxygen atoms in total. The maximum absolute atomic E-state index is 9.95. The quantitative estimate of drug-likeness (QED) is 0.603. The maximum atomic E-state index is 9.95. The van der Waals surface area contributed by atoms with E-state index in [1.54, 1.807) is 0 Å². The van der Waals surface area contributed by atoms with Gasteiger partial charge in [0, 0.05) is 0 Å². The molecule has 0 aliphatic carbocycles. The molecule has 0 amide bonds. The third-order valence-corrected chi connectivity index (χ3v) is 5.54. The molecule has 0 fully saturated rings. The van der Waals surface area contributed by atoms with Crippen LogP contribution in [0.5, 0.6) is 11.5 Å². The number of hydrogen-bond donors (Lipinski definition) is 2. The van der Waals surface area contributed by atoms with Crippen LogP contribution in [0.15, 0.2) is 43.0 Å². The van der Waals surface area contributed by atoms with Gasteiger partial charge in [-0.2, -0.15) is 0 Å². The standard InChI is InChI=1S/C14H12Br2O2S2/c1-19-11-5-7(3-9(15)13(11)17)8-4-10(16)14(18)12(6-8)20-2/h3-6,17-18H,1-2H3. The molecule has 20 heavy (non-hydrogen) atoms. The zero-order valence-electron chi connectivity index (χ0n) is 10.8. The molecule has 106 valence electrons. The molecule has 0 unspecified atom stereocenters. The van der Waals surface area contributed by atoms with Gasteiger partial charge in [-0.3, -0.25) is 0 Å². The zero-order chi connectivity index (χ0) is 14.9. The summed E-state index contributed by atoms with van der Waals surface area (Å²) < 4.78 is 1.32. The first-order valence-electron chi connectivity index (χ1n) is 5.61. The minimum atomic E-state index is 0.254. The predicted molar refractivity (Wildman–Crippen MR) is 94.2 cm³/mol. The van der Waals surface area contributed by atoms with E-state index in [1.807, 2.05) is 36.8 Å². The summed E-state index contributed by atoms with van der Waals surface area (Å²) in [4.78, 5) is 1.62. The van der Waals surface area contributed by atoms with Crippen molar-refractivity contribution in [3.05, 3.63) is 33.2 Å². The first kappa shape index (κ1) is 16.1. The molecule has 0 aliphatic heterocycles. The topological polar surface area (TPSA) is 40.5 Å². The van der Waals surface area contributed by atoms with E-state index in [1.165, 1.54) is 23.5 Å². The second-order valence-electron chi connectivity index (χ2n) is 4.02. The van der Waals surface area contributed by atoms with Crippen LogP contribution in [-0.4, -0.2) is 22.7 Å². The molecule has 0 aliphatic rings. The first-order chi connectivity index (χ1) is 9.47. The molecule has 0 heterocycles. The van der Waals surface area contributed by atoms with Crippen LogP contribution >= 0.6 is 55.4 Å². The lowest BCUT2D eigenvalue weighted by atomic mass is 10.1. The van der Waals surface area contributed by atoms with Gasteiger partial charge in [0.1, 0.15) is 11.5 Å². The summed E-state index contributed by atoms with van der Waals surface area (Å²) in [5, 5.41) is 19.9. The van der Waals surface area contributed by atoms with E-state index in [9.17, 15) is 10.2 Å². The summed E-state index contributed by atoms with van der Waals surface area (Å²) in [6.45, 7) is 0. The Hall–Kier alpha value is -0.300. The highest BCUT2D eigenvalue weighted by atomic mass is 79.9. The smallest absolute Gasteiger partial charge is 0.143 e. The van der Waals surface area contributed by atoms with Crippen LogP contribution in [0.4, 0.5) is 0 Å². The van der Waals surface area contributed by atoms with Crippen LogP contribution in [0.25, 0.3) is 11.1 Å². The van der Waals surface area contributed by atoms with Crippen LogP contribution in [-0.2, 0) is 0 Å². The molecule has 0 saturated heterocycles. The Bertz CT molecular complexity index is 603. The molecule has 0 spiro atoms. The number of thioether (sulfide) groups is 2. The van der Waals surface area contributed by atoms with Gasteiger partial charge in [0.2, 0.25) is 0 Å². The number of phenolic OH excluding ortho intramolecular Hbond substituents is 2. The highest BCUT2D eigenvalue weighted by molar-refractivity contribution is 9.11. The summed E-state index contributed by atoms with van der Waals surface area (Å²) in [5.74, 6) is 0.508. The summed E-state index contributed by atoms with van der Waals surface area (Å²) in [7, 11) is 0. The molecule has 2 N–H and O–H groups in total. The van der Waals surface area contributed by atoms with E-state index in [2.05, 4.69) is 31.9 Å². The fourth-order valence-corrected chi connectivity index (χ4v) is 4.07. The van der Waals surface area contributed by atoms with Gasteiger partial charge in [0.25, 0.3) is 0 Å². The lowest BCUT2D eigenvalue weighted by Crippen LogP contribution is -1.85. The number of aromatic hydroxyl groups is 2. The first-order valence-corrected chi connectivity index (χ1v) is 9.64. The molecule has 0 bridgehead atoms. The summed E-state index contributed by atoms with van der Waals surface area (Å²) in [5.41, 5.74) is 1.96. The van der Waals surface area contributed by atoms with Gasteiger partial charge in [0.15, 0.2) is 0 Å². The van der Waals surface area contributed by atoms with E-state index in [0.717, 1.165) is 20.9 Å². The lowest BCUT2D eigenvalue weighted by molar-refractivity contribution is 0.458. The van der Waals surface area contributed by atoms with Crippen molar-refractivity contribution in [1.82, 2.24) is 0 Å². The van der Waals surface area contributed by atoms with Gasteiger partial charge in [0.05, 0.1) is 18.7 Å². The van der Waals surface area contributed by atoms with Crippen molar-refractivity contribution in [3.8, 4) is 22.6 Å². The third-order valence-electron chi connectivity index (χ3n) is 2.83. The van der Waals surface area contributed by atoms with E-state index < -0.39 is 0 Å². The summed E-state index contributed by atoms with van der Waals surface area (Å²) >= 11 is 9.73. The minimum Gasteiger partial charge on any atom is -0.506 e. The van der Waals surface area contributed by atoms with Crippen molar-refractivity contribution in [3.63, 3.8) is 0 Å². The average Bonchev–Trinajstić information content (AvgIpc) is 2.44. The lowest BCUT2D eigenvalue weighted by Gasteiger charge is -2.11. The second kappa shape index (κ2) is 6.64. The molecule has 0 radical (unpaired) electrons. The molecular weight excluding hydrogens is 424 g/mol. The van der Waals surface area contributed by atoms with E-state index >= 15 is 0 Å². The van der Waals surface area contributed by atoms with Gasteiger partial charge in [-0.1, -0.05) is 0 Å². The van der Waals surface area contributed by atoms with Gasteiger partial charge in [-0.05, 0) is 79.8 Å². The number of phenols is 2. The van der Waals surface area contributed by atoms with Gasteiger partial charge < -0.3 is 10.2 Å². The Morgan fingerprint density at radius 2 is 1.10 bits per heavy atom. The Morgan fingerprint density at radius 3 is 1.40 bits per heavy atom. The van der Waals surface area contributed by atoms with Crippen LogP contribution in [0.1, 0.15) is 0 Å². The Morgan fingerprint density at radius 1 is 0.750 bits per heavy atom. The molecular formula is C14H12Br2O2S2. The normalized spacial score (nSPS) is 10.8. The molecule has 0 aromatic heterocycles. The molecule has 2 rings (SSSR count). The fraction of sp³-hybridized carbons (Fsp3) is 0.143. The molecule has 0 saturated carbocycles. The number of halogens is 2. The Balaban J connectivity index is 2.62. The van der Waals surface area contributed by atoms with Gasteiger partial charge in [-0.15, -0.1) is 23.5 Å². The van der Waals surface area contributed by atoms with Crippen LogP contribution in [0.2, 0.25) is 0 Å². The average molecular weight is 436 g/mol. The monoisotopic (exact) mass is 434 g/mol. The van der Waals surface area contributed by atoms with E-state index in [0.29, 0.717) is 8.95 Å². The largest absolute Gasteiger partial charge is 0.506 e. The summed E-state index contributed by atoms with van der Waals surface area (Å²) in [6, 6.07) is 7.62.